The molecule has 5 heteroatoms. The Bertz CT molecular complexity index is 910. The maximum atomic E-state index is 13.2. The normalized spacial score (nSPS) is 16.5. The molecule has 0 radical (unpaired) electrons. The van der Waals surface area contributed by atoms with E-state index in [0.717, 1.165) is 48.5 Å². The molecule has 0 bridgehead atoms. The third kappa shape index (κ3) is 2.99. The summed E-state index contributed by atoms with van der Waals surface area (Å²) in [5.74, 6) is 0.0963. The monoisotopic (exact) mass is 348 g/mol. The van der Waals surface area contributed by atoms with Crippen LogP contribution in [0.15, 0.2) is 54.7 Å². The lowest BCUT2D eigenvalue weighted by Gasteiger charge is -2.36. The Kier molecular flexibility index (Phi) is 4.47. The molecular formula is C21H24N4O. The summed E-state index contributed by atoms with van der Waals surface area (Å²) in [5, 5.41) is 6.51. The number of hydrogen-bond donors (Lipinski definition) is 2. The zero-order valence-electron chi connectivity index (χ0n) is 15.0. The molecule has 0 unspecified atom stereocenters. The number of aryl methyl sites for hydroxylation is 1. The summed E-state index contributed by atoms with van der Waals surface area (Å²) < 4.78 is 2.05. The fraction of sp³-hybridized carbons (Fsp3) is 0.333. The van der Waals surface area contributed by atoms with Gasteiger partial charge in [0.25, 0.3) is 0 Å². The van der Waals surface area contributed by atoms with Crippen molar-refractivity contribution in [3.8, 4) is 0 Å². The van der Waals surface area contributed by atoms with Gasteiger partial charge in [0.05, 0.1) is 17.7 Å². The highest BCUT2D eigenvalue weighted by Crippen LogP contribution is 2.33. The van der Waals surface area contributed by atoms with E-state index in [9.17, 15) is 4.79 Å². The fourth-order valence-corrected chi connectivity index (χ4v) is 3.88. The molecule has 0 aliphatic carbocycles. The molecule has 0 spiro atoms. The van der Waals surface area contributed by atoms with Crippen molar-refractivity contribution in [2.45, 2.75) is 31.7 Å². The van der Waals surface area contributed by atoms with E-state index < -0.39 is 5.41 Å². The first kappa shape index (κ1) is 16.8. The van der Waals surface area contributed by atoms with Crippen molar-refractivity contribution in [1.82, 2.24) is 20.0 Å². The summed E-state index contributed by atoms with van der Waals surface area (Å²) in [6.45, 7) is 4.21. The second kappa shape index (κ2) is 6.92. The number of hydrogen-bond acceptors (Lipinski definition) is 3. The maximum absolute atomic E-state index is 13.2. The van der Waals surface area contributed by atoms with Crippen molar-refractivity contribution in [1.29, 1.82) is 0 Å². The van der Waals surface area contributed by atoms with Gasteiger partial charge in [-0.3, -0.25) is 4.79 Å². The van der Waals surface area contributed by atoms with Crippen LogP contribution >= 0.6 is 0 Å². The third-order valence-electron chi connectivity index (χ3n) is 5.39. The van der Waals surface area contributed by atoms with E-state index in [1.807, 2.05) is 36.5 Å². The van der Waals surface area contributed by atoms with Crippen molar-refractivity contribution < 1.29 is 4.79 Å². The summed E-state index contributed by atoms with van der Waals surface area (Å²) in [7, 11) is 0. The van der Waals surface area contributed by atoms with Crippen LogP contribution in [0.4, 0.5) is 0 Å². The van der Waals surface area contributed by atoms with E-state index in [1.54, 1.807) is 0 Å². The van der Waals surface area contributed by atoms with Gasteiger partial charge in [0.15, 0.2) is 0 Å². The van der Waals surface area contributed by atoms with Gasteiger partial charge in [-0.05, 0) is 50.6 Å². The van der Waals surface area contributed by atoms with Gasteiger partial charge in [0, 0.05) is 11.9 Å². The van der Waals surface area contributed by atoms with Gasteiger partial charge >= 0.3 is 0 Å². The highest BCUT2D eigenvalue weighted by molar-refractivity contribution is 5.88. The molecular weight excluding hydrogens is 324 g/mol. The van der Waals surface area contributed by atoms with Crippen LogP contribution < -0.4 is 10.6 Å². The molecule has 1 aromatic carbocycles. The zero-order valence-corrected chi connectivity index (χ0v) is 15.0. The lowest BCUT2D eigenvalue weighted by Crippen LogP contribution is -2.50. The van der Waals surface area contributed by atoms with Crippen molar-refractivity contribution in [3.63, 3.8) is 0 Å². The van der Waals surface area contributed by atoms with Crippen LogP contribution in [0.1, 0.15) is 29.8 Å². The molecule has 4 rings (SSSR count). The van der Waals surface area contributed by atoms with Gasteiger partial charge in [0.2, 0.25) is 5.91 Å². The van der Waals surface area contributed by atoms with Gasteiger partial charge in [-0.2, -0.15) is 0 Å². The Morgan fingerprint density at radius 2 is 1.92 bits per heavy atom. The van der Waals surface area contributed by atoms with Gasteiger partial charge in [-0.1, -0.05) is 36.4 Å². The SMILES string of the molecule is Cc1cccc2nc(CNC(=O)C3(c4ccccc4)CCNCC3)cn12. The minimum absolute atomic E-state index is 0.0963. The van der Waals surface area contributed by atoms with E-state index in [1.165, 1.54) is 0 Å². The second-order valence-corrected chi connectivity index (χ2v) is 7.01. The van der Waals surface area contributed by atoms with Crippen LogP contribution in [0.25, 0.3) is 5.65 Å². The molecule has 1 aliphatic rings. The van der Waals surface area contributed by atoms with E-state index >= 15 is 0 Å². The highest BCUT2D eigenvalue weighted by Gasteiger charge is 2.40. The number of nitrogens with zero attached hydrogens (tertiary/aromatic N) is 2. The van der Waals surface area contributed by atoms with Gasteiger partial charge in [-0.25, -0.2) is 4.98 Å². The number of carbonyl (C=O) groups excluding carboxylic acids is 1. The number of amides is 1. The van der Waals surface area contributed by atoms with Crippen molar-refractivity contribution in [3.05, 3.63) is 71.7 Å². The standard InChI is InChI=1S/C21H24N4O/c1-16-6-5-9-19-24-18(15-25(16)19)14-23-20(26)21(10-12-22-13-11-21)17-7-3-2-4-8-17/h2-9,15,22H,10-14H2,1H3,(H,23,26). The summed E-state index contributed by atoms with van der Waals surface area (Å²) >= 11 is 0. The van der Waals surface area contributed by atoms with Gasteiger partial charge in [-0.15, -0.1) is 0 Å². The Balaban J connectivity index is 1.55. The first-order valence-electron chi connectivity index (χ1n) is 9.17. The largest absolute Gasteiger partial charge is 0.350 e. The van der Waals surface area contributed by atoms with Crippen LogP contribution in [-0.2, 0) is 16.8 Å². The first-order chi connectivity index (χ1) is 12.7. The minimum Gasteiger partial charge on any atom is -0.350 e. The second-order valence-electron chi connectivity index (χ2n) is 7.01. The van der Waals surface area contributed by atoms with Crippen LogP contribution in [0, 0.1) is 6.92 Å². The van der Waals surface area contributed by atoms with E-state index in [-0.39, 0.29) is 5.91 Å². The summed E-state index contributed by atoms with van der Waals surface area (Å²) in [6, 6.07) is 16.2. The number of piperidine rings is 1. The Morgan fingerprint density at radius 1 is 1.15 bits per heavy atom. The summed E-state index contributed by atoms with van der Waals surface area (Å²) in [6.07, 6.45) is 3.63. The number of benzene rings is 1. The molecule has 2 N–H and O–H groups in total. The average Bonchev–Trinajstić information content (AvgIpc) is 3.12. The molecule has 5 nitrogen and oxygen atoms in total. The Labute approximate surface area is 153 Å². The smallest absolute Gasteiger partial charge is 0.231 e. The number of imidazole rings is 1. The van der Waals surface area contributed by atoms with Crippen LogP contribution in [-0.4, -0.2) is 28.4 Å². The molecule has 2 aromatic heterocycles. The Hall–Kier alpha value is -2.66. The number of nitrogens with one attached hydrogen (secondary N) is 2. The fourth-order valence-electron chi connectivity index (χ4n) is 3.88. The molecule has 134 valence electrons. The molecule has 26 heavy (non-hydrogen) atoms. The molecule has 0 atom stereocenters. The van der Waals surface area contributed by atoms with Gasteiger partial charge < -0.3 is 15.0 Å². The molecule has 1 aliphatic heterocycles. The summed E-state index contributed by atoms with van der Waals surface area (Å²) in [4.78, 5) is 17.8. The lowest BCUT2D eigenvalue weighted by molar-refractivity contribution is -0.128. The quantitative estimate of drug-likeness (QED) is 0.762. The minimum atomic E-state index is -0.457. The molecule has 3 heterocycles. The zero-order chi connectivity index (χ0) is 18.0. The molecule has 0 saturated carbocycles. The number of fused-ring (bicyclic) bond motifs is 1. The molecule has 1 fully saturated rings. The third-order valence-corrected chi connectivity index (χ3v) is 5.39. The first-order valence-corrected chi connectivity index (χ1v) is 9.17. The van der Waals surface area contributed by atoms with Crippen LogP contribution in [0.5, 0.6) is 0 Å². The Morgan fingerprint density at radius 3 is 2.65 bits per heavy atom. The predicted octanol–water partition coefficient (Wildman–Crippen LogP) is 2.58. The molecule has 3 aromatic rings. The van der Waals surface area contributed by atoms with E-state index in [0.29, 0.717) is 6.54 Å². The highest BCUT2D eigenvalue weighted by atomic mass is 16.2. The van der Waals surface area contributed by atoms with Crippen molar-refractivity contribution >= 4 is 11.6 Å². The van der Waals surface area contributed by atoms with Gasteiger partial charge in [0.1, 0.15) is 5.65 Å². The van der Waals surface area contributed by atoms with Crippen LogP contribution in [0.2, 0.25) is 0 Å². The molecule has 1 amide bonds. The summed E-state index contributed by atoms with van der Waals surface area (Å²) in [5.41, 5.74) is 3.57. The number of carbonyl (C=O) groups is 1. The number of aromatic nitrogens is 2. The van der Waals surface area contributed by atoms with Crippen molar-refractivity contribution in [2.24, 2.45) is 0 Å². The van der Waals surface area contributed by atoms with Crippen molar-refractivity contribution in [2.75, 3.05) is 13.1 Å². The van der Waals surface area contributed by atoms with E-state index in [2.05, 4.69) is 45.1 Å². The number of rotatable bonds is 4. The maximum Gasteiger partial charge on any atom is 0.231 e. The lowest BCUT2D eigenvalue weighted by atomic mass is 9.72. The number of pyridine rings is 1. The molecule has 1 saturated heterocycles. The van der Waals surface area contributed by atoms with Crippen LogP contribution in [0.3, 0.4) is 0 Å². The topological polar surface area (TPSA) is 58.4 Å². The van der Waals surface area contributed by atoms with E-state index in [4.69, 9.17) is 0 Å². The average molecular weight is 348 g/mol. The predicted molar refractivity (Wildman–Crippen MR) is 102 cm³/mol.